The minimum atomic E-state index is -0.977. The Morgan fingerprint density at radius 1 is 1.09 bits per heavy atom. The predicted molar refractivity (Wildman–Crippen MR) is 86.9 cm³/mol. The molecule has 0 bridgehead atoms. The van der Waals surface area contributed by atoms with Gasteiger partial charge in [0.2, 0.25) is 0 Å². The third-order valence-corrected chi connectivity index (χ3v) is 3.87. The summed E-state index contributed by atoms with van der Waals surface area (Å²) >= 11 is 0. The molecule has 0 N–H and O–H groups in total. The minimum Gasteiger partial charge on any atom is -0.294 e. The first-order chi connectivity index (χ1) is 11.2. The molecule has 0 saturated carbocycles. The van der Waals surface area contributed by atoms with Crippen LogP contribution in [0, 0.1) is 0 Å². The minimum absolute atomic E-state index is 0.204. The second kappa shape index (κ2) is 9.78. The Morgan fingerprint density at radius 2 is 1.83 bits per heavy atom. The molecule has 128 valence electrons. The van der Waals surface area contributed by atoms with Gasteiger partial charge in [-0.2, -0.15) is 4.89 Å². The summed E-state index contributed by atoms with van der Waals surface area (Å²) in [7, 11) is 0. The lowest BCUT2D eigenvalue weighted by Crippen LogP contribution is -2.48. The number of hydroxylamine groups is 2. The van der Waals surface area contributed by atoms with E-state index in [0.717, 1.165) is 18.4 Å². The first kappa shape index (κ1) is 18.1. The van der Waals surface area contributed by atoms with Gasteiger partial charge in [0.25, 0.3) is 6.29 Å². The number of hydrogen-bond acceptors (Lipinski definition) is 5. The molecule has 0 aliphatic carbocycles. The van der Waals surface area contributed by atoms with Crippen LogP contribution in [0.5, 0.6) is 0 Å². The molecule has 5 heteroatoms. The Hall–Kier alpha value is -1.27. The molecule has 0 radical (unpaired) electrons. The van der Waals surface area contributed by atoms with E-state index in [1.54, 1.807) is 5.06 Å². The molecular weight excluding hydrogens is 294 g/mol. The van der Waals surface area contributed by atoms with E-state index < -0.39 is 6.29 Å². The zero-order valence-electron chi connectivity index (χ0n) is 14.1. The average molecular weight is 321 g/mol. The zero-order valence-corrected chi connectivity index (χ0v) is 14.1. The van der Waals surface area contributed by atoms with E-state index in [-0.39, 0.29) is 12.0 Å². The van der Waals surface area contributed by atoms with Crippen LogP contribution >= 0.6 is 0 Å². The molecule has 1 aliphatic rings. The van der Waals surface area contributed by atoms with Gasteiger partial charge in [0.05, 0.1) is 6.54 Å². The fourth-order valence-electron chi connectivity index (χ4n) is 2.53. The van der Waals surface area contributed by atoms with Crippen molar-refractivity contribution in [2.75, 3.05) is 0 Å². The summed E-state index contributed by atoms with van der Waals surface area (Å²) in [6.45, 7) is 4.20. The summed E-state index contributed by atoms with van der Waals surface area (Å²) in [6, 6.07) is 10.0. The summed E-state index contributed by atoms with van der Waals surface area (Å²) in [5.74, 6) is -0.204. The number of nitrogens with zero attached hydrogens (tertiary/aromatic N) is 1. The van der Waals surface area contributed by atoms with Crippen molar-refractivity contribution in [1.82, 2.24) is 5.06 Å². The Labute approximate surface area is 138 Å². The molecule has 1 saturated heterocycles. The van der Waals surface area contributed by atoms with Crippen molar-refractivity contribution in [3.05, 3.63) is 35.9 Å². The molecule has 0 amide bonds. The van der Waals surface area contributed by atoms with Crippen LogP contribution in [-0.2, 0) is 26.0 Å². The highest BCUT2D eigenvalue weighted by Gasteiger charge is 2.33. The van der Waals surface area contributed by atoms with Crippen molar-refractivity contribution < 1.29 is 19.4 Å². The molecule has 1 aromatic rings. The van der Waals surface area contributed by atoms with Crippen LogP contribution in [0.4, 0.5) is 0 Å². The van der Waals surface area contributed by atoms with Gasteiger partial charge in [-0.25, -0.2) is 4.89 Å². The molecule has 5 nitrogen and oxygen atoms in total. The fourth-order valence-corrected chi connectivity index (χ4v) is 2.53. The van der Waals surface area contributed by atoms with Crippen LogP contribution in [0.25, 0.3) is 0 Å². The van der Waals surface area contributed by atoms with Gasteiger partial charge < -0.3 is 0 Å². The van der Waals surface area contributed by atoms with Gasteiger partial charge in [-0.05, 0) is 25.3 Å². The highest BCUT2D eigenvalue weighted by Crippen LogP contribution is 2.23. The van der Waals surface area contributed by atoms with Gasteiger partial charge in [-0.3, -0.25) is 9.63 Å². The summed E-state index contributed by atoms with van der Waals surface area (Å²) < 4.78 is 0. The predicted octanol–water partition coefficient (Wildman–Crippen LogP) is 3.98. The maximum Gasteiger partial charge on any atom is 0.268 e. The van der Waals surface area contributed by atoms with Crippen LogP contribution in [0.3, 0.4) is 0 Å². The topological polar surface area (TPSA) is 48.0 Å². The van der Waals surface area contributed by atoms with E-state index in [0.29, 0.717) is 6.54 Å². The fraction of sp³-hybridized carbons (Fsp3) is 0.611. The van der Waals surface area contributed by atoms with Crippen molar-refractivity contribution >= 4 is 5.78 Å². The Kier molecular flexibility index (Phi) is 7.68. The molecule has 1 aromatic carbocycles. The van der Waals surface area contributed by atoms with Crippen molar-refractivity contribution in [1.29, 1.82) is 0 Å². The number of benzene rings is 1. The summed E-state index contributed by atoms with van der Waals surface area (Å²) in [4.78, 5) is 27.7. The third kappa shape index (κ3) is 6.03. The van der Waals surface area contributed by atoms with E-state index in [4.69, 9.17) is 14.6 Å². The first-order valence-corrected chi connectivity index (χ1v) is 8.50. The number of carbonyl (C=O) groups is 1. The average Bonchev–Trinajstić information content (AvgIpc) is 2.56. The normalized spacial score (nSPS) is 22.2. The molecule has 1 heterocycles. The molecule has 0 spiro atoms. The number of unbranched alkanes of at least 4 members (excludes halogenated alkanes) is 4. The van der Waals surface area contributed by atoms with E-state index in [2.05, 4.69) is 6.92 Å². The lowest BCUT2D eigenvalue weighted by atomic mass is 10.1. The second-order valence-electron chi connectivity index (χ2n) is 5.96. The Bertz CT molecular complexity index is 465. The van der Waals surface area contributed by atoms with Gasteiger partial charge in [0.15, 0.2) is 12.0 Å². The molecule has 23 heavy (non-hydrogen) atoms. The number of Topliss-reactive ketones (excluding diaryl/α,β-unsaturated/α-hetero) is 1. The van der Waals surface area contributed by atoms with Crippen LogP contribution in [0.15, 0.2) is 30.3 Å². The van der Waals surface area contributed by atoms with Crippen LogP contribution < -0.4 is 0 Å². The van der Waals surface area contributed by atoms with Crippen LogP contribution in [-0.4, -0.2) is 23.4 Å². The maximum atomic E-state index is 11.5. The molecule has 1 aliphatic heterocycles. The van der Waals surface area contributed by atoms with Crippen molar-refractivity contribution in [2.24, 2.45) is 0 Å². The smallest absolute Gasteiger partial charge is 0.268 e. The van der Waals surface area contributed by atoms with E-state index in [9.17, 15) is 4.79 Å². The number of ketones is 1. The van der Waals surface area contributed by atoms with Gasteiger partial charge >= 0.3 is 0 Å². The number of carbonyl (C=O) groups excluding carboxylic acids is 1. The maximum absolute atomic E-state index is 11.5. The molecule has 1 fully saturated rings. The lowest BCUT2D eigenvalue weighted by molar-refractivity contribution is -0.516. The Balaban J connectivity index is 1.90. The molecule has 2 unspecified atom stereocenters. The summed E-state index contributed by atoms with van der Waals surface area (Å²) in [5.41, 5.74) is 1.11. The SMILES string of the molecule is CCCCCCCC1OOC(C(C)=O)ON1Cc1ccccc1. The highest BCUT2D eigenvalue weighted by molar-refractivity contribution is 5.78. The van der Waals surface area contributed by atoms with Gasteiger partial charge in [0, 0.05) is 0 Å². The van der Waals surface area contributed by atoms with Crippen molar-refractivity contribution in [3.8, 4) is 0 Å². The van der Waals surface area contributed by atoms with Crippen LogP contribution in [0.1, 0.15) is 57.9 Å². The van der Waals surface area contributed by atoms with E-state index >= 15 is 0 Å². The first-order valence-electron chi connectivity index (χ1n) is 8.50. The summed E-state index contributed by atoms with van der Waals surface area (Å²) in [6.07, 6.45) is 5.50. The molecule has 2 rings (SSSR count). The standard InChI is InChI=1S/C18H27NO4/c1-3-4-5-6-10-13-17-19(14-16-11-8-7-9-12-16)21-18(15(2)20)23-22-17/h7-9,11-12,17-18H,3-6,10,13-14H2,1-2H3. The monoisotopic (exact) mass is 321 g/mol. The van der Waals surface area contributed by atoms with Gasteiger partial charge in [-0.1, -0.05) is 62.9 Å². The summed E-state index contributed by atoms with van der Waals surface area (Å²) in [5, 5.41) is 1.73. The lowest BCUT2D eigenvalue weighted by Gasteiger charge is -2.36. The number of rotatable bonds is 9. The van der Waals surface area contributed by atoms with Gasteiger partial charge in [0.1, 0.15) is 0 Å². The third-order valence-electron chi connectivity index (χ3n) is 3.87. The Morgan fingerprint density at radius 3 is 2.52 bits per heavy atom. The van der Waals surface area contributed by atoms with Crippen molar-refractivity contribution in [2.45, 2.75) is 71.4 Å². The molecule has 2 atom stereocenters. The highest BCUT2D eigenvalue weighted by atomic mass is 17.3. The van der Waals surface area contributed by atoms with E-state index in [1.165, 1.54) is 32.6 Å². The quantitative estimate of drug-likeness (QED) is 0.508. The second-order valence-corrected chi connectivity index (χ2v) is 5.96. The molecule has 0 aromatic heterocycles. The molecular formula is C18H27NO4. The van der Waals surface area contributed by atoms with Crippen molar-refractivity contribution in [3.63, 3.8) is 0 Å². The zero-order chi connectivity index (χ0) is 16.5. The van der Waals surface area contributed by atoms with E-state index in [1.807, 2.05) is 30.3 Å². The van der Waals surface area contributed by atoms with Gasteiger partial charge in [-0.15, -0.1) is 5.06 Å². The van der Waals surface area contributed by atoms with Crippen LogP contribution in [0.2, 0.25) is 0 Å². The largest absolute Gasteiger partial charge is 0.294 e. The number of hydrogen-bond donors (Lipinski definition) is 0.